The minimum Gasteiger partial charge on any atom is -0.495 e. The number of methoxy groups -OCH3 is 1. The fourth-order valence-corrected chi connectivity index (χ4v) is 3.03. The molecule has 1 atom stereocenters. The minimum atomic E-state index is -0.576. The van der Waals surface area contributed by atoms with Crippen LogP contribution in [0.4, 0.5) is 11.4 Å². The zero-order chi connectivity index (χ0) is 18.7. The van der Waals surface area contributed by atoms with Crippen molar-refractivity contribution in [2.45, 2.75) is 19.4 Å². The van der Waals surface area contributed by atoms with Gasteiger partial charge in [0.05, 0.1) is 17.8 Å². The number of amides is 2. The topological polar surface area (TPSA) is 67.9 Å². The Bertz CT molecular complexity index is 840. The third kappa shape index (κ3) is 3.75. The molecule has 0 spiro atoms. The summed E-state index contributed by atoms with van der Waals surface area (Å²) in [6, 6.07) is 12.3. The van der Waals surface area contributed by atoms with Gasteiger partial charge < -0.3 is 19.7 Å². The summed E-state index contributed by atoms with van der Waals surface area (Å²) in [7, 11) is 1.53. The SMILES string of the molecule is COc1ccc(NC(=O)CCN2C(=O)C(C)Oc3ccccc32)cc1Cl. The number of anilines is 2. The van der Waals surface area contributed by atoms with Crippen LogP contribution in [-0.2, 0) is 9.59 Å². The smallest absolute Gasteiger partial charge is 0.267 e. The van der Waals surface area contributed by atoms with E-state index >= 15 is 0 Å². The van der Waals surface area contributed by atoms with E-state index < -0.39 is 6.10 Å². The van der Waals surface area contributed by atoms with E-state index in [0.29, 0.717) is 27.9 Å². The van der Waals surface area contributed by atoms with E-state index in [1.807, 2.05) is 18.2 Å². The molecule has 0 bridgehead atoms. The lowest BCUT2D eigenvalue weighted by molar-refractivity contribution is -0.125. The summed E-state index contributed by atoms with van der Waals surface area (Å²) < 4.78 is 10.7. The molecule has 0 radical (unpaired) electrons. The number of fused-ring (bicyclic) bond motifs is 1. The zero-order valence-electron chi connectivity index (χ0n) is 14.5. The highest BCUT2D eigenvalue weighted by atomic mass is 35.5. The highest BCUT2D eigenvalue weighted by molar-refractivity contribution is 6.32. The van der Waals surface area contributed by atoms with E-state index in [1.165, 1.54) is 7.11 Å². The Balaban J connectivity index is 1.66. The highest BCUT2D eigenvalue weighted by Crippen LogP contribution is 2.33. The van der Waals surface area contributed by atoms with E-state index in [1.54, 1.807) is 36.1 Å². The molecule has 0 saturated heterocycles. The summed E-state index contributed by atoms with van der Waals surface area (Å²) in [6.45, 7) is 1.96. The van der Waals surface area contributed by atoms with E-state index in [2.05, 4.69) is 5.32 Å². The van der Waals surface area contributed by atoms with Gasteiger partial charge in [0.15, 0.2) is 6.10 Å². The van der Waals surface area contributed by atoms with Crippen LogP contribution in [0.2, 0.25) is 5.02 Å². The van der Waals surface area contributed by atoms with Gasteiger partial charge in [-0.3, -0.25) is 9.59 Å². The largest absolute Gasteiger partial charge is 0.495 e. The van der Waals surface area contributed by atoms with Crippen LogP contribution in [0.25, 0.3) is 0 Å². The number of para-hydroxylation sites is 2. The van der Waals surface area contributed by atoms with Gasteiger partial charge in [0, 0.05) is 18.7 Å². The van der Waals surface area contributed by atoms with Crippen molar-refractivity contribution in [1.82, 2.24) is 0 Å². The Hall–Kier alpha value is -2.73. The number of nitrogens with one attached hydrogen (secondary N) is 1. The van der Waals surface area contributed by atoms with Gasteiger partial charge in [-0.15, -0.1) is 0 Å². The van der Waals surface area contributed by atoms with Crippen molar-refractivity contribution in [3.63, 3.8) is 0 Å². The van der Waals surface area contributed by atoms with Crippen molar-refractivity contribution in [2.24, 2.45) is 0 Å². The molecule has 6 nitrogen and oxygen atoms in total. The molecule has 26 heavy (non-hydrogen) atoms. The third-order valence-corrected chi connectivity index (χ3v) is 4.37. The second-order valence-corrected chi connectivity index (χ2v) is 6.27. The fraction of sp³-hybridized carbons (Fsp3) is 0.263. The summed E-state index contributed by atoms with van der Waals surface area (Å²) in [4.78, 5) is 26.3. The number of rotatable bonds is 5. The molecule has 0 saturated carbocycles. The molecule has 2 aromatic carbocycles. The standard InChI is InChI=1S/C19H19ClN2O4/c1-12-19(24)22(15-5-3-4-6-17(15)26-12)10-9-18(23)21-13-7-8-16(25-2)14(20)11-13/h3-8,11-12H,9-10H2,1-2H3,(H,21,23). The molecular weight excluding hydrogens is 356 g/mol. The first-order chi connectivity index (χ1) is 12.5. The van der Waals surface area contributed by atoms with Crippen molar-refractivity contribution in [3.8, 4) is 11.5 Å². The maximum absolute atomic E-state index is 12.4. The van der Waals surface area contributed by atoms with Gasteiger partial charge in [-0.2, -0.15) is 0 Å². The first-order valence-corrected chi connectivity index (χ1v) is 8.58. The van der Waals surface area contributed by atoms with Gasteiger partial charge in [-0.1, -0.05) is 23.7 Å². The predicted molar refractivity (Wildman–Crippen MR) is 100 cm³/mol. The molecule has 136 valence electrons. The average Bonchev–Trinajstić information content (AvgIpc) is 2.62. The van der Waals surface area contributed by atoms with Crippen LogP contribution in [0.5, 0.6) is 11.5 Å². The molecule has 1 aliphatic rings. The first-order valence-electron chi connectivity index (χ1n) is 8.20. The van der Waals surface area contributed by atoms with Crippen LogP contribution in [0.3, 0.4) is 0 Å². The molecule has 2 amide bonds. The lowest BCUT2D eigenvalue weighted by Crippen LogP contribution is -2.45. The highest BCUT2D eigenvalue weighted by Gasteiger charge is 2.31. The second kappa shape index (κ2) is 7.66. The molecule has 1 aliphatic heterocycles. The lowest BCUT2D eigenvalue weighted by Gasteiger charge is -2.32. The fourth-order valence-electron chi connectivity index (χ4n) is 2.77. The van der Waals surface area contributed by atoms with Gasteiger partial charge in [-0.05, 0) is 37.3 Å². The Morgan fingerprint density at radius 2 is 2.08 bits per heavy atom. The molecule has 1 N–H and O–H groups in total. The number of hydrogen-bond donors (Lipinski definition) is 1. The second-order valence-electron chi connectivity index (χ2n) is 5.87. The molecule has 1 heterocycles. The average molecular weight is 375 g/mol. The Kier molecular flexibility index (Phi) is 5.32. The Labute approximate surface area is 156 Å². The van der Waals surface area contributed by atoms with Crippen molar-refractivity contribution < 1.29 is 19.1 Å². The predicted octanol–water partition coefficient (Wildman–Crippen LogP) is 3.49. The van der Waals surface area contributed by atoms with E-state index in [-0.39, 0.29) is 24.8 Å². The van der Waals surface area contributed by atoms with Gasteiger partial charge >= 0.3 is 0 Å². The first kappa shape index (κ1) is 18.1. The number of hydrogen-bond acceptors (Lipinski definition) is 4. The summed E-state index contributed by atoms with van der Waals surface area (Å²) in [5, 5.41) is 3.19. The van der Waals surface area contributed by atoms with Crippen molar-refractivity contribution in [1.29, 1.82) is 0 Å². The maximum atomic E-state index is 12.4. The van der Waals surface area contributed by atoms with Crippen LogP contribution in [-0.4, -0.2) is 31.6 Å². The molecule has 0 fully saturated rings. The lowest BCUT2D eigenvalue weighted by atomic mass is 10.1. The Morgan fingerprint density at radius 3 is 2.81 bits per heavy atom. The molecule has 0 aromatic heterocycles. The Morgan fingerprint density at radius 1 is 1.31 bits per heavy atom. The van der Waals surface area contributed by atoms with Gasteiger partial charge in [0.1, 0.15) is 11.5 Å². The van der Waals surface area contributed by atoms with Gasteiger partial charge in [0.2, 0.25) is 5.91 Å². The number of benzene rings is 2. The van der Waals surface area contributed by atoms with E-state index in [4.69, 9.17) is 21.1 Å². The molecule has 7 heteroatoms. The van der Waals surface area contributed by atoms with Crippen molar-refractivity contribution in [2.75, 3.05) is 23.9 Å². The third-order valence-electron chi connectivity index (χ3n) is 4.07. The maximum Gasteiger partial charge on any atom is 0.267 e. The van der Waals surface area contributed by atoms with Crippen LogP contribution in [0.15, 0.2) is 42.5 Å². The number of nitrogens with zero attached hydrogens (tertiary/aromatic N) is 1. The van der Waals surface area contributed by atoms with Gasteiger partial charge in [-0.25, -0.2) is 0 Å². The van der Waals surface area contributed by atoms with Crippen molar-refractivity contribution in [3.05, 3.63) is 47.5 Å². The molecule has 2 aromatic rings. The summed E-state index contributed by atoms with van der Waals surface area (Å²) in [5.41, 5.74) is 1.25. The zero-order valence-corrected chi connectivity index (χ0v) is 15.2. The normalized spacial score (nSPS) is 15.9. The minimum absolute atomic E-state index is 0.149. The van der Waals surface area contributed by atoms with Crippen molar-refractivity contribution >= 4 is 34.8 Å². The summed E-state index contributed by atoms with van der Waals surface area (Å²) in [5.74, 6) is 0.802. The van der Waals surface area contributed by atoms with Gasteiger partial charge in [0.25, 0.3) is 5.91 Å². The number of halogens is 1. The molecule has 0 aliphatic carbocycles. The molecule has 1 unspecified atom stereocenters. The summed E-state index contributed by atoms with van der Waals surface area (Å²) >= 11 is 6.06. The van der Waals surface area contributed by atoms with E-state index in [0.717, 1.165) is 0 Å². The van der Waals surface area contributed by atoms with Crippen LogP contribution < -0.4 is 19.7 Å². The van der Waals surface area contributed by atoms with Crippen LogP contribution in [0.1, 0.15) is 13.3 Å². The van der Waals surface area contributed by atoms with E-state index in [9.17, 15) is 9.59 Å². The van der Waals surface area contributed by atoms with Crippen LogP contribution >= 0.6 is 11.6 Å². The monoisotopic (exact) mass is 374 g/mol. The number of carbonyl (C=O) groups excluding carboxylic acids is 2. The number of carbonyl (C=O) groups is 2. The number of ether oxygens (including phenoxy) is 2. The molecular formula is C19H19ClN2O4. The van der Waals surface area contributed by atoms with Crippen LogP contribution in [0, 0.1) is 0 Å². The molecule has 3 rings (SSSR count). The quantitative estimate of drug-likeness (QED) is 0.869. The summed E-state index contributed by atoms with van der Waals surface area (Å²) in [6.07, 6.45) is -0.426.